The molecule has 5 heteroatoms. The minimum absolute atomic E-state index is 0.109. The van der Waals surface area contributed by atoms with Gasteiger partial charge in [-0.3, -0.25) is 4.79 Å². The Morgan fingerprint density at radius 3 is 2.89 bits per heavy atom. The number of aromatic amines is 1. The van der Waals surface area contributed by atoms with E-state index in [0.717, 1.165) is 33.9 Å². The Bertz CT molecular complexity index is 714. The largest absolute Gasteiger partial charge is 0.337 e. The Morgan fingerprint density at radius 1 is 1.47 bits per heavy atom. The third kappa shape index (κ3) is 2.13. The van der Waals surface area contributed by atoms with E-state index in [-0.39, 0.29) is 5.91 Å². The average Bonchev–Trinajstić information content (AvgIpc) is 2.91. The third-order valence-electron chi connectivity index (χ3n) is 3.47. The molecular formula is C14H14N2OS2. The predicted molar refractivity (Wildman–Crippen MR) is 81.4 cm³/mol. The number of carbonyl (C=O) groups excluding carboxylic acids is 1. The minimum atomic E-state index is 0.109. The molecule has 1 aromatic heterocycles. The van der Waals surface area contributed by atoms with Crippen molar-refractivity contribution in [2.45, 2.75) is 20.3 Å². The zero-order valence-corrected chi connectivity index (χ0v) is 12.5. The number of carbonyl (C=O) groups is 1. The molecule has 0 bridgehead atoms. The molecule has 2 heterocycles. The van der Waals surface area contributed by atoms with Gasteiger partial charge in [-0.1, -0.05) is 6.07 Å². The zero-order chi connectivity index (χ0) is 13.6. The van der Waals surface area contributed by atoms with Crippen LogP contribution in [0.1, 0.15) is 17.4 Å². The van der Waals surface area contributed by atoms with Crippen molar-refractivity contribution in [3.8, 4) is 11.3 Å². The van der Waals surface area contributed by atoms with Gasteiger partial charge < -0.3 is 9.88 Å². The van der Waals surface area contributed by atoms with E-state index < -0.39 is 0 Å². The highest BCUT2D eigenvalue weighted by atomic mass is 32.1. The Balaban J connectivity index is 2.06. The van der Waals surface area contributed by atoms with Crippen molar-refractivity contribution in [2.24, 2.45) is 0 Å². The number of thiazole rings is 1. The first-order valence-electron chi connectivity index (χ1n) is 6.17. The summed E-state index contributed by atoms with van der Waals surface area (Å²) in [6.45, 7) is 4.47. The number of hydrogen-bond acceptors (Lipinski definition) is 3. The lowest BCUT2D eigenvalue weighted by molar-refractivity contribution is -0.116. The topological polar surface area (TPSA) is 36.1 Å². The van der Waals surface area contributed by atoms with Crippen molar-refractivity contribution in [3.05, 3.63) is 32.6 Å². The molecule has 0 unspecified atom stereocenters. The Kier molecular flexibility index (Phi) is 3.03. The van der Waals surface area contributed by atoms with Gasteiger partial charge in [-0.2, -0.15) is 0 Å². The molecule has 0 aliphatic carbocycles. The SMILES string of the molecule is CC(=O)N1CCc2cc(-c3[nH]c(=S)sc3C)ccc21. The van der Waals surface area contributed by atoms with Crippen LogP contribution in [0.4, 0.5) is 5.69 Å². The van der Waals surface area contributed by atoms with Gasteiger partial charge in [-0.15, -0.1) is 11.3 Å². The molecule has 1 amide bonds. The van der Waals surface area contributed by atoms with Crippen LogP contribution in [0.3, 0.4) is 0 Å². The van der Waals surface area contributed by atoms with E-state index in [2.05, 4.69) is 24.0 Å². The lowest BCUT2D eigenvalue weighted by Crippen LogP contribution is -2.25. The third-order valence-corrected chi connectivity index (χ3v) is 4.62. The van der Waals surface area contributed by atoms with Crippen molar-refractivity contribution in [3.63, 3.8) is 0 Å². The summed E-state index contributed by atoms with van der Waals surface area (Å²) in [5, 5.41) is 0. The first-order valence-corrected chi connectivity index (χ1v) is 7.40. The normalized spacial score (nSPS) is 13.7. The van der Waals surface area contributed by atoms with Crippen LogP contribution in [0, 0.1) is 10.9 Å². The van der Waals surface area contributed by atoms with E-state index in [1.165, 1.54) is 10.4 Å². The molecule has 0 radical (unpaired) electrons. The van der Waals surface area contributed by atoms with Gasteiger partial charge in [0, 0.05) is 24.0 Å². The lowest BCUT2D eigenvalue weighted by atomic mass is 10.1. The maximum atomic E-state index is 11.5. The Labute approximate surface area is 120 Å². The van der Waals surface area contributed by atoms with Crippen molar-refractivity contribution < 1.29 is 4.79 Å². The summed E-state index contributed by atoms with van der Waals surface area (Å²) in [6, 6.07) is 6.26. The quantitative estimate of drug-likeness (QED) is 0.813. The summed E-state index contributed by atoms with van der Waals surface area (Å²) in [7, 11) is 0. The summed E-state index contributed by atoms with van der Waals surface area (Å²) in [4.78, 5) is 17.8. The average molecular weight is 290 g/mol. The minimum Gasteiger partial charge on any atom is -0.337 e. The van der Waals surface area contributed by atoms with Gasteiger partial charge in [-0.05, 0) is 48.8 Å². The lowest BCUT2D eigenvalue weighted by Gasteiger charge is -2.14. The maximum Gasteiger partial charge on any atom is 0.223 e. The number of fused-ring (bicyclic) bond motifs is 1. The van der Waals surface area contributed by atoms with Crippen LogP contribution in [0.2, 0.25) is 0 Å². The molecule has 3 nitrogen and oxygen atoms in total. The van der Waals surface area contributed by atoms with Crippen LogP contribution in [0.25, 0.3) is 11.3 Å². The second kappa shape index (κ2) is 4.58. The van der Waals surface area contributed by atoms with Gasteiger partial charge in [-0.25, -0.2) is 0 Å². The number of hydrogen-bond donors (Lipinski definition) is 1. The van der Waals surface area contributed by atoms with E-state index >= 15 is 0 Å². The number of rotatable bonds is 1. The van der Waals surface area contributed by atoms with E-state index in [0.29, 0.717) is 0 Å². The van der Waals surface area contributed by atoms with E-state index in [9.17, 15) is 4.79 Å². The molecule has 1 aliphatic heterocycles. The first-order chi connectivity index (χ1) is 9.06. The van der Waals surface area contributed by atoms with Gasteiger partial charge in [0.05, 0.1) is 5.69 Å². The van der Waals surface area contributed by atoms with Gasteiger partial charge in [0.15, 0.2) is 3.95 Å². The second-order valence-electron chi connectivity index (χ2n) is 4.71. The van der Waals surface area contributed by atoms with E-state index in [1.54, 1.807) is 18.3 Å². The maximum absolute atomic E-state index is 11.5. The molecule has 1 N–H and O–H groups in total. The molecule has 98 valence electrons. The van der Waals surface area contributed by atoms with Crippen LogP contribution < -0.4 is 4.90 Å². The summed E-state index contributed by atoms with van der Waals surface area (Å²) in [6.07, 6.45) is 0.923. The number of nitrogens with one attached hydrogen (secondary N) is 1. The van der Waals surface area contributed by atoms with Crippen molar-refractivity contribution in [2.75, 3.05) is 11.4 Å². The molecular weight excluding hydrogens is 276 g/mol. The summed E-state index contributed by atoms with van der Waals surface area (Å²) in [5.41, 5.74) is 4.52. The molecule has 0 saturated carbocycles. The monoisotopic (exact) mass is 290 g/mol. The van der Waals surface area contributed by atoms with Gasteiger partial charge >= 0.3 is 0 Å². The van der Waals surface area contributed by atoms with Crippen molar-refractivity contribution in [1.29, 1.82) is 0 Å². The van der Waals surface area contributed by atoms with Gasteiger partial charge in [0.2, 0.25) is 5.91 Å². The van der Waals surface area contributed by atoms with Gasteiger partial charge in [0.1, 0.15) is 0 Å². The van der Waals surface area contributed by atoms with E-state index in [4.69, 9.17) is 12.2 Å². The van der Waals surface area contributed by atoms with Crippen molar-refractivity contribution in [1.82, 2.24) is 4.98 Å². The first kappa shape index (κ1) is 12.6. The molecule has 19 heavy (non-hydrogen) atoms. The smallest absolute Gasteiger partial charge is 0.223 e. The van der Waals surface area contributed by atoms with Gasteiger partial charge in [0.25, 0.3) is 0 Å². The number of aryl methyl sites for hydroxylation is 1. The molecule has 0 atom stereocenters. The number of amides is 1. The molecule has 3 rings (SSSR count). The highest BCUT2D eigenvalue weighted by Gasteiger charge is 2.22. The van der Waals surface area contributed by atoms with Crippen LogP contribution in [-0.4, -0.2) is 17.4 Å². The van der Waals surface area contributed by atoms with Crippen LogP contribution in [-0.2, 0) is 11.2 Å². The van der Waals surface area contributed by atoms with E-state index in [1.807, 2.05) is 11.0 Å². The molecule has 1 aliphatic rings. The second-order valence-corrected chi connectivity index (χ2v) is 6.60. The standard InChI is InChI=1S/C14H14N2OS2/c1-8-13(15-14(18)19-8)11-3-4-12-10(7-11)5-6-16(12)9(2)17/h3-4,7H,5-6H2,1-2H3,(H,15,18). The predicted octanol–water partition coefficient (Wildman–Crippen LogP) is 3.69. The summed E-state index contributed by atoms with van der Waals surface area (Å²) in [5.74, 6) is 0.109. The molecule has 0 saturated heterocycles. The molecule has 1 aromatic carbocycles. The number of benzene rings is 1. The Morgan fingerprint density at radius 2 is 2.26 bits per heavy atom. The van der Waals surface area contributed by atoms with Crippen LogP contribution >= 0.6 is 23.6 Å². The van der Waals surface area contributed by atoms with Crippen LogP contribution in [0.15, 0.2) is 18.2 Å². The van der Waals surface area contributed by atoms with Crippen molar-refractivity contribution >= 4 is 35.1 Å². The fourth-order valence-electron chi connectivity index (χ4n) is 2.57. The zero-order valence-electron chi connectivity index (χ0n) is 10.8. The fraction of sp³-hybridized carbons (Fsp3) is 0.286. The highest BCUT2D eigenvalue weighted by molar-refractivity contribution is 7.73. The summed E-state index contributed by atoms with van der Waals surface area (Å²) < 4.78 is 0.804. The fourth-order valence-corrected chi connectivity index (χ4v) is 3.74. The summed E-state index contributed by atoms with van der Waals surface area (Å²) >= 11 is 6.78. The van der Waals surface area contributed by atoms with Crippen LogP contribution in [0.5, 0.6) is 0 Å². The molecule has 2 aromatic rings. The Hall–Kier alpha value is -1.46. The number of aromatic nitrogens is 1. The number of H-pyrrole nitrogens is 1. The number of nitrogens with zero attached hydrogens (tertiary/aromatic N) is 1. The molecule has 0 fully saturated rings. The molecule has 0 spiro atoms. The number of anilines is 1. The highest BCUT2D eigenvalue weighted by Crippen LogP contribution is 2.33.